The van der Waals surface area contributed by atoms with Crippen LogP contribution in [-0.2, 0) is 4.65 Å². The second-order valence-electron chi connectivity index (χ2n) is 8.48. The third-order valence-corrected chi connectivity index (χ3v) is 5.12. The maximum absolute atomic E-state index is 10.2. The highest BCUT2D eigenvalue weighted by Crippen LogP contribution is 2.24. The van der Waals surface area contributed by atoms with Crippen molar-refractivity contribution in [2.45, 2.75) is 52.7 Å². The zero-order valence-corrected chi connectivity index (χ0v) is 18.2. The standard InChI is InChI=1S/C21H32BN5O2/c1-13(2)14(11-23)9-18(24)27-19-8-7-16-17(26-19)10-15(12-25-16)22-29-21(5,6)20(3,4)28/h7-13,22,28H,23-24H2,1-6H3,(H,26,27)/b14-11+,18-9+. The number of nitrogens with zero attached hydrogens (tertiary/aromatic N) is 2. The summed E-state index contributed by atoms with van der Waals surface area (Å²) < 4.78 is 5.92. The highest BCUT2D eigenvalue weighted by atomic mass is 16.5. The number of aliphatic hydroxyl groups is 1. The fraction of sp³-hybridized carbons (Fsp3) is 0.429. The zero-order chi connectivity index (χ0) is 21.8. The Morgan fingerprint density at radius 1 is 1.24 bits per heavy atom. The van der Waals surface area contributed by atoms with Crippen LogP contribution in [0.3, 0.4) is 0 Å². The largest absolute Gasteiger partial charge is 0.427 e. The number of anilines is 1. The lowest BCUT2D eigenvalue weighted by Crippen LogP contribution is -2.49. The molecule has 6 N–H and O–H groups in total. The van der Waals surface area contributed by atoms with Crippen molar-refractivity contribution in [2.24, 2.45) is 17.4 Å². The molecule has 7 nitrogen and oxygen atoms in total. The van der Waals surface area contributed by atoms with Crippen molar-refractivity contribution < 1.29 is 9.76 Å². The van der Waals surface area contributed by atoms with E-state index >= 15 is 0 Å². The second-order valence-corrected chi connectivity index (χ2v) is 8.48. The van der Waals surface area contributed by atoms with Gasteiger partial charge in [0.15, 0.2) is 0 Å². The third kappa shape index (κ3) is 5.95. The first kappa shape index (κ1) is 22.7. The van der Waals surface area contributed by atoms with Crippen molar-refractivity contribution >= 4 is 29.8 Å². The fourth-order valence-electron chi connectivity index (χ4n) is 2.41. The number of hydrogen-bond acceptors (Lipinski definition) is 7. The maximum Gasteiger partial charge on any atom is 0.311 e. The smallest absolute Gasteiger partial charge is 0.311 e. The minimum absolute atomic E-state index is 0.268. The Labute approximate surface area is 173 Å². The van der Waals surface area contributed by atoms with Gasteiger partial charge in [0, 0.05) is 6.20 Å². The average Bonchev–Trinajstić information content (AvgIpc) is 2.63. The third-order valence-electron chi connectivity index (χ3n) is 5.12. The summed E-state index contributed by atoms with van der Waals surface area (Å²) in [5.74, 6) is 1.34. The Kier molecular flexibility index (Phi) is 6.92. The van der Waals surface area contributed by atoms with E-state index in [4.69, 9.17) is 16.1 Å². The van der Waals surface area contributed by atoms with Gasteiger partial charge in [-0.3, -0.25) is 4.98 Å². The van der Waals surface area contributed by atoms with Crippen LogP contribution in [0.2, 0.25) is 0 Å². The average molecular weight is 397 g/mol. The van der Waals surface area contributed by atoms with Crippen LogP contribution in [0.5, 0.6) is 0 Å². The van der Waals surface area contributed by atoms with Crippen LogP contribution in [-0.4, -0.2) is 33.8 Å². The van der Waals surface area contributed by atoms with Gasteiger partial charge in [-0.05, 0) is 75.1 Å². The number of nitrogens with two attached hydrogens (primary N) is 2. The maximum atomic E-state index is 10.2. The molecule has 8 heteroatoms. The minimum atomic E-state index is -0.969. The van der Waals surface area contributed by atoms with Gasteiger partial charge in [-0.25, -0.2) is 4.98 Å². The Morgan fingerprint density at radius 3 is 2.52 bits per heavy atom. The normalized spacial score (nSPS) is 13.8. The molecule has 0 amide bonds. The van der Waals surface area contributed by atoms with E-state index in [2.05, 4.69) is 15.3 Å². The van der Waals surface area contributed by atoms with Gasteiger partial charge in [0.2, 0.25) is 0 Å². The van der Waals surface area contributed by atoms with E-state index in [-0.39, 0.29) is 5.92 Å². The molecule has 0 aliphatic heterocycles. The molecule has 0 atom stereocenters. The fourth-order valence-corrected chi connectivity index (χ4v) is 2.41. The molecular weight excluding hydrogens is 365 g/mol. The molecule has 0 radical (unpaired) electrons. The van der Waals surface area contributed by atoms with Crippen molar-refractivity contribution in [1.82, 2.24) is 9.97 Å². The summed E-state index contributed by atoms with van der Waals surface area (Å²) in [6, 6.07) is 5.63. The van der Waals surface area contributed by atoms with Gasteiger partial charge < -0.3 is 26.5 Å². The van der Waals surface area contributed by atoms with Crippen LogP contribution < -0.4 is 22.2 Å². The SMILES string of the molecule is CC(C)C(=C/N)/C=C(\N)Nc1ccc2ncc(BOC(C)(C)C(C)(C)O)cc2n1. The predicted octanol–water partition coefficient (Wildman–Crippen LogP) is 1.88. The topological polar surface area (TPSA) is 119 Å². The number of allylic oxidation sites excluding steroid dienone is 2. The molecule has 2 aromatic heterocycles. The first-order chi connectivity index (χ1) is 13.4. The van der Waals surface area contributed by atoms with Gasteiger partial charge in [-0.15, -0.1) is 0 Å². The summed E-state index contributed by atoms with van der Waals surface area (Å²) >= 11 is 0. The zero-order valence-electron chi connectivity index (χ0n) is 18.2. The lowest BCUT2D eigenvalue weighted by Gasteiger charge is -2.37. The highest BCUT2D eigenvalue weighted by molar-refractivity contribution is 6.47. The molecule has 2 rings (SSSR count). The summed E-state index contributed by atoms with van der Waals surface area (Å²) in [6.07, 6.45) is 5.11. The molecule has 0 bridgehead atoms. The van der Waals surface area contributed by atoms with Crippen LogP contribution in [0.15, 0.2) is 48.1 Å². The van der Waals surface area contributed by atoms with Gasteiger partial charge in [0.05, 0.1) is 22.2 Å². The summed E-state index contributed by atoms with van der Waals surface area (Å²) in [5.41, 5.74) is 13.4. The predicted molar refractivity (Wildman–Crippen MR) is 121 cm³/mol. The monoisotopic (exact) mass is 397 g/mol. The van der Waals surface area contributed by atoms with Gasteiger partial charge >= 0.3 is 7.48 Å². The molecule has 0 saturated carbocycles. The summed E-state index contributed by atoms with van der Waals surface area (Å²) in [7, 11) is 0.320. The van der Waals surface area contributed by atoms with E-state index in [1.165, 1.54) is 0 Å². The molecule has 0 spiro atoms. The first-order valence-corrected chi connectivity index (χ1v) is 9.71. The van der Waals surface area contributed by atoms with Crippen LogP contribution in [0.4, 0.5) is 5.82 Å². The lowest BCUT2D eigenvalue weighted by atomic mass is 9.83. The number of fused-ring (bicyclic) bond motifs is 1. The van der Waals surface area contributed by atoms with E-state index < -0.39 is 11.2 Å². The summed E-state index contributed by atoms with van der Waals surface area (Å²) in [4.78, 5) is 9.04. The molecule has 0 aliphatic rings. The molecular formula is C21H32BN5O2. The van der Waals surface area contributed by atoms with E-state index in [0.717, 1.165) is 22.1 Å². The van der Waals surface area contributed by atoms with Gasteiger partial charge in [0.25, 0.3) is 0 Å². The Hall–Kier alpha value is -2.58. The van der Waals surface area contributed by atoms with Gasteiger partial charge in [0.1, 0.15) is 11.6 Å². The molecule has 156 valence electrons. The van der Waals surface area contributed by atoms with E-state index in [1.54, 1.807) is 32.3 Å². The number of rotatable bonds is 8. The Balaban J connectivity index is 2.19. The van der Waals surface area contributed by atoms with Crippen LogP contribution >= 0.6 is 0 Å². The van der Waals surface area contributed by atoms with Gasteiger partial charge in [-0.1, -0.05) is 13.8 Å². The van der Waals surface area contributed by atoms with Crippen molar-refractivity contribution in [1.29, 1.82) is 0 Å². The molecule has 2 heterocycles. The number of aromatic nitrogens is 2. The summed E-state index contributed by atoms with van der Waals surface area (Å²) in [5, 5.41) is 13.3. The van der Waals surface area contributed by atoms with Gasteiger partial charge in [-0.2, -0.15) is 0 Å². The number of pyridine rings is 2. The van der Waals surface area contributed by atoms with Crippen LogP contribution in [0.25, 0.3) is 11.0 Å². The molecule has 0 unspecified atom stereocenters. The quantitative estimate of drug-likeness (QED) is 0.397. The van der Waals surface area contributed by atoms with E-state index in [9.17, 15) is 5.11 Å². The number of nitrogens with one attached hydrogen (secondary N) is 1. The first-order valence-electron chi connectivity index (χ1n) is 9.71. The second kappa shape index (κ2) is 8.84. The Bertz CT molecular complexity index is 917. The number of hydrogen-bond donors (Lipinski definition) is 4. The van der Waals surface area contributed by atoms with Crippen LogP contribution in [0, 0.1) is 5.92 Å². The highest BCUT2D eigenvalue weighted by Gasteiger charge is 2.35. The molecule has 29 heavy (non-hydrogen) atoms. The molecule has 0 aliphatic carbocycles. The molecule has 0 saturated heterocycles. The lowest BCUT2D eigenvalue weighted by molar-refractivity contribution is -0.0893. The van der Waals surface area contributed by atoms with Crippen molar-refractivity contribution in [3.8, 4) is 0 Å². The van der Waals surface area contributed by atoms with E-state index in [1.807, 2.05) is 45.9 Å². The summed E-state index contributed by atoms with van der Waals surface area (Å²) in [6.45, 7) is 11.3. The van der Waals surface area contributed by atoms with Crippen molar-refractivity contribution in [3.63, 3.8) is 0 Å². The van der Waals surface area contributed by atoms with Crippen molar-refractivity contribution in [3.05, 3.63) is 48.1 Å². The minimum Gasteiger partial charge on any atom is -0.427 e. The molecule has 2 aromatic rings. The van der Waals surface area contributed by atoms with Crippen molar-refractivity contribution in [2.75, 3.05) is 5.32 Å². The molecule has 0 fully saturated rings. The molecule has 0 aromatic carbocycles. The van der Waals surface area contributed by atoms with Crippen LogP contribution in [0.1, 0.15) is 41.5 Å². The Morgan fingerprint density at radius 2 is 1.93 bits per heavy atom. The van der Waals surface area contributed by atoms with E-state index in [0.29, 0.717) is 19.1 Å².